The van der Waals surface area contributed by atoms with E-state index in [2.05, 4.69) is 22.0 Å². The molecule has 83 valence electrons. The maximum Gasteiger partial charge on any atom is 0.578 e. The van der Waals surface area contributed by atoms with Crippen molar-refractivity contribution in [3.05, 3.63) is 0 Å². The van der Waals surface area contributed by atoms with Crippen molar-refractivity contribution in [2.45, 2.75) is 39.3 Å². The normalized spacial score (nSPS) is 11.8. The van der Waals surface area contributed by atoms with Gasteiger partial charge in [0.1, 0.15) is 5.60 Å². The predicted octanol–water partition coefficient (Wildman–Crippen LogP) is 0.404. The van der Waals surface area contributed by atoms with E-state index in [1.165, 1.54) is 0 Å². The molecule has 0 rings (SSSR count). The smallest absolute Gasteiger partial charge is 0.488 e. The predicted molar refractivity (Wildman–Crippen MR) is 55.7 cm³/mol. The van der Waals surface area contributed by atoms with Crippen LogP contribution < -0.4 is 5.32 Å². The summed E-state index contributed by atoms with van der Waals surface area (Å²) in [7, 11) is 0.465. The van der Waals surface area contributed by atoms with Crippen LogP contribution in [0.3, 0.4) is 0 Å². The van der Waals surface area contributed by atoms with Gasteiger partial charge in [-0.2, -0.15) is 0 Å². The number of nitrogens with one attached hydrogen (secondary N) is 1. The molecule has 0 aromatic heterocycles. The summed E-state index contributed by atoms with van der Waals surface area (Å²) in [4.78, 5) is 11.2. The zero-order valence-corrected chi connectivity index (χ0v) is 9.33. The summed E-state index contributed by atoms with van der Waals surface area (Å²) in [6, 6.07) is -0.417. The van der Waals surface area contributed by atoms with Gasteiger partial charge in [0.2, 0.25) is 0 Å². The Kier molecular flexibility index (Phi) is 5.64. The van der Waals surface area contributed by atoms with Crippen LogP contribution in [0.1, 0.15) is 27.7 Å². The minimum Gasteiger partial charge on any atom is -0.488 e. The fourth-order valence-corrected chi connectivity index (χ4v) is 0.669. The largest absolute Gasteiger partial charge is 0.578 e. The Morgan fingerprint density at radius 2 is 2.13 bits per heavy atom. The van der Waals surface area contributed by atoms with Crippen LogP contribution in [0, 0.1) is 12.0 Å². The molecule has 0 aliphatic carbocycles. The molecule has 0 bridgehead atoms. The Bertz CT molecular complexity index is 264. The molecule has 0 aliphatic rings. The first kappa shape index (κ1) is 13.7. The Balaban J connectivity index is 3.93. The highest BCUT2D eigenvalue weighted by Crippen LogP contribution is 2.06. The van der Waals surface area contributed by atoms with E-state index in [0.717, 1.165) is 0 Å². The molecule has 1 amide bonds. The van der Waals surface area contributed by atoms with Gasteiger partial charge in [-0.05, 0) is 33.6 Å². The molecule has 0 aromatic rings. The van der Waals surface area contributed by atoms with Gasteiger partial charge in [0.15, 0.2) is 0 Å². The molecule has 2 N–H and O–H groups in total. The number of ether oxygens (including phenoxy) is 1. The zero-order valence-electron chi connectivity index (χ0n) is 9.33. The van der Waals surface area contributed by atoms with E-state index in [4.69, 9.17) is 9.76 Å². The summed E-state index contributed by atoms with van der Waals surface area (Å²) < 4.78 is 9.26. The van der Waals surface area contributed by atoms with E-state index in [-0.39, 0.29) is 0 Å². The van der Waals surface area contributed by atoms with Crippen LogP contribution in [0.5, 0.6) is 0 Å². The van der Waals surface area contributed by atoms with Gasteiger partial charge in [-0.25, -0.2) is 4.79 Å². The number of carbonyl (C=O) groups excluding carboxylic acids is 1. The van der Waals surface area contributed by atoms with Crippen LogP contribution in [-0.4, -0.2) is 30.4 Å². The molecule has 15 heavy (non-hydrogen) atoms. The van der Waals surface area contributed by atoms with Crippen LogP contribution >= 0.6 is 0 Å². The van der Waals surface area contributed by atoms with Gasteiger partial charge in [-0.1, -0.05) is 0 Å². The lowest BCUT2D eigenvalue weighted by atomic mass is 10.2. The molecule has 6 heteroatoms. The third-order valence-corrected chi connectivity index (χ3v) is 1.12. The van der Waals surface area contributed by atoms with Crippen LogP contribution in [0.15, 0.2) is 0 Å². The molecule has 5 nitrogen and oxygen atoms in total. The summed E-state index contributed by atoms with van der Waals surface area (Å²) in [5.41, 5.74) is -0.535. The number of rotatable bonds is 2. The molecular formula is C9H15BNO4. The van der Waals surface area contributed by atoms with Crippen molar-refractivity contribution in [1.82, 2.24) is 5.32 Å². The molecule has 0 fully saturated rings. The van der Waals surface area contributed by atoms with Gasteiger partial charge in [0.05, 0.1) is 12.1 Å². The first-order valence-corrected chi connectivity index (χ1v) is 4.47. The van der Waals surface area contributed by atoms with Gasteiger partial charge < -0.3 is 19.7 Å². The quantitative estimate of drug-likeness (QED) is 0.513. The average Bonchev–Trinajstić information content (AvgIpc) is 2.00. The molecule has 0 spiro atoms. The highest BCUT2D eigenvalue weighted by Gasteiger charge is 2.16. The fourth-order valence-electron chi connectivity index (χ4n) is 0.669. The van der Waals surface area contributed by atoms with E-state index >= 15 is 0 Å². The topological polar surface area (TPSA) is 67.8 Å². The molecule has 0 unspecified atom stereocenters. The second kappa shape index (κ2) is 6.20. The van der Waals surface area contributed by atoms with Crippen molar-refractivity contribution in [1.29, 1.82) is 0 Å². The van der Waals surface area contributed by atoms with E-state index in [9.17, 15) is 4.79 Å². The number of amides is 1. The van der Waals surface area contributed by atoms with Crippen LogP contribution in [-0.2, 0) is 9.39 Å². The minimum atomic E-state index is -0.544. The van der Waals surface area contributed by atoms with Crippen LogP contribution in [0.4, 0.5) is 4.79 Å². The van der Waals surface area contributed by atoms with Crippen molar-refractivity contribution in [3.8, 4) is 12.0 Å². The van der Waals surface area contributed by atoms with Crippen molar-refractivity contribution in [2.24, 2.45) is 0 Å². The highest BCUT2D eigenvalue weighted by molar-refractivity contribution is 6.16. The lowest BCUT2D eigenvalue weighted by molar-refractivity contribution is 0.0519. The maximum atomic E-state index is 11.2. The zero-order chi connectivity index (χ0) is 11.9. The summed E-state index contributed by atoms with van der Waals surface area (Å²) in [5.74, 6) is 2.52. The average molecular weight is 212 g/mol. The SMILES string of the molecule is C[C@H](C#CO[B]O)NC(=O)OC(C)(C)C. The molecular weight excluding hydrogens is 197 g/mol. The molecule has 1 radical (unpaired) electrons. The Morgan fingerprint density at radius 1 is 1.53 bits per heavy atom. The molecule has 1 atom stereocenters. The van der Waals surface area contributed by atoms with E-state index in [0.29, 0.717) is 7.69 Å². The maximum absolute atomic E-state index is 11.2. The molecule has 0 aliphatic heterocycles. The van der Waals surface area contributed by atoms with Gasteiger partial charge in [-0.15, -0.1) is 0 Å². The lowest BCUT2D eigenvalue weighted by Crippen LogP contribution is -2.37. The second-order valence-electron chi connectivity index (χ2n) is 3.84. The van der Waals surface area contributed by atoms with Crippen molar-refractivity contribution < 1.29 is 19.2 Å². The Morgan fingerprint density at radius 3 is 2.60 bits per heavy atom. The van der Waals surface area contributed by atoms with Gasteiger partial charge >= 0.3 is 13.8 Å². The van der Waals surface area contributed by atoms with Gasteiger partial charge in [-0.3, -0.25) is 0 Å². The van der Waals surface area contributed by atoms with E-state index < -0.39 is 17.7 Å². The summed E-state index contributed by atoms with van der Waals surface area (Å²) in [6.07, 6.45) is 1.63. The first-order valence-electron chi connectivity index (χ1n) is 4.47. The molecule has 0 saturated heterocycles. The Labute approximate surface area is 90.4 Å². The molecule has 0 aromatic carbocycles. The van der Waals surface area contributed by atoms with Crippen LogP contribution in [0.25, 0.3) is 0 Å². The standard InChI is InChI=1S/C9H15BNO4/c1-7(5-6-14-10-13)11-8(12)15-9(2,3)4/h7,13H,1-4H3,(H,11,12)/t7-/m1/s1. The summed E-state index contributed by atoms with van der Waals surface area (Å²) in [5, 5.41) is 10.6. The highest BCUT2D eigenvalue weighted by atomic mass is 16.6. The van der Waals surface area contributed by atoms with Gasteiger partial charge in [0, 0.05) is 0 Å². The van der Waals surface area contributed by atoms with Gasteiger partial charge in [0.25, 0.3) is 0 Å². The monoisotopic (exact) mass is 212 g/mol. The third kappa shape index (κ3) is 8.97. The number of carbonyl (C=O) groups is 1. The first-order chi connectivity index (χ1) is 6.85. The van der Waals surface area contributed by atoms with Crippen LogP contribution in [0.2, 0.25) is 0 Å². The fraction of sp³-hybridized carbons (Fsp3) is 0.667. The minimum absolute atomic E-state index is 0.417. The van der Waals surface area contributed by atoms with Crippen molar-refractivity contribution in [3.63, 3.8) is 0 Å². The third-order valence-electron chi connectivity index (χ3n) is 1.12. The number of hydrogen-bond donors (Lipinski definition) is 2. The lowest BCUT2D eigenvalue weighted by Gasteiger charge is -2.20. The molecule has 0 saturated carbocycles. The van der Waals surface area contributed by atoms with E-state index in [1.54, 1.807) is 27.7 Å². The van der Waals surface area contributed by atoms with Crippen molar-refractivity contribution >= 4 is 13.8 Å². The molecule has 0 heterocycles. The van der Waals surface area contributed by atoms with Crippen molar-refractivity contribution in [2.75, 3.05) is 0 Å². The number of hydrogen-bond acceptors (Lipinski definition) is 4. The second-order valence-corrected chi connectivity index (χ2v) is 3.84. The summed E-state index contributed by atoms with van der Waals surface area (Å²) in [6.45, 7) is 6.98. The van der Waals surface area contributed by atoms with E-state index in [1.807, 2.05) is 0 Å². The Hall–Kier alpha value is -1.35. The number of alkyl carbamates (subject to hydrolysis) is 1. The summed E-state index contributed by atoms with van der Waals surface area (Å²) >= 11 is 0.